The monoisotopic (exact) mass is 280 g/mol. The lowest BCUT2D eigenvalue weighted by Crippen LogP contribution is -2.47. The molecule has 0 aliphatic carbocycles. The molecule has 0 radical (unpaired) electrons. The molecule has 1 aromatic heterocycles. The fraction of sp³-hybridized carbons (Fsp3) is 0.467. The number of hydrogen-bond donors (Lipinski definition) is 3. The Labute approximate surface area is 119 Å². The van der Waals surface area contributed by atoms with Crippen molar-refractivity contribution >= 4 is 22.5 Å². The predicted molar refractivity (Wildman–Crippen MR) is 80.5 cm³/mol. The minimum Gasteiger partial charge on any atom is -0.394 e. The van der Waals surface area contributed by atoms with Gasteiger partial charge in [0.05, 0.1) is 11.6 Å². The van der Waals surface area contributed by atoms with Gasteiger partial charge >= 0.3 is 0 Å². The van der Waals surface area contributed by atoms with Gasteiger partial charge in [-0.3, -0.25) is 0 Å². The Morgan fingerprint density at radius 1 is 1.26 bits per heavy atom. The van der Waals surface area contributed by atoms with E-state index in [2.05, 4.69) is 24.1 Å². The van der Waals surface area contributed by atoms with Crippen molar-refractivity contribution in [1.82, 2.24) is 10.3 Å². The van der Waals surface area contributed by atoms with Crippen molar-refractivity contribution in [3.8, 4) is 0 Å². The molecule has 3 N–H and O–H groups in total. The zero-order valence-corrected chi connectivity index (χ0v) is 12.2. The number of rotatable bonds is 6. The Morgan fingerprint density at radius 2 is 1.95 bits per heavy atom. The van der Waals surface area contributed by atoms with Crippen LogP contribution in [0.2, 0.25) is 5.02 Å². The molecule has 3 nitrogen and oxygen atoms in total. The first-order chi connectivity index (χ1) is 9.15. The van der Waals surface area contributed by atoms with Crippen LogP contribution < -0.4 is 5.32 Å². The third kappa shape index (κ3) is 2.78. The largest absolute Gasteiger partial charge is 0.394 e. The van der Waals surface area contributed by atoms with Crippen LogP contribution in [-0.2, 0) is 6.54 Å². The molecular weight excluding hydrogens is 260 g/mol. The van der Waals surface area contributed by atoms with Gasteiger partial charge in [0.15, 0.2) is 0 Å². The highest BCUT2D eigenvalue weighted by Gasteiger charge is 2.24. The van der Waals surface area contributed by atoms with Crippen LogP contribution in [0.3, 0.4) is 0 Å². The molecule has 0 atom stereocenters. The van der Waals surface area contributed by atoms with E-state index in [0.29, 0.717) is 6.54 Å². The van der Waals surface area contributed by atoms with Gasteiger partial charge in [-0.25, -0.2) is 0 Å². The molecule has 1 aromatic carbocycles. The maximum atomic E-state index is 9.56. The van der Waals surface area contributed by atoms with Gasteiger partial charge in [0, 0.05) is 28.7 Å². The van der Waals surface area contributed by atoms with Gasteiger partial charge in [0.1, 0.15) is 0 Å². The first-order valence-electron chi connectivity index (χ1n) is 6.76. The average molecular weight is 281 g/mol. The van der Waals surface area contributed by atoms with E-state index in [0.717, 1.165) is 34.5 Å². The molecule has 0 fully saturated rings. The summed E-state index contributed by atoms with van der Waals surface area (Å²) in [6, 6.07) is 8.00. The van der Waals surface area contributed by atoms with E-state index in [1.165, 1.54) is 0 Å². The standard InChI is InChI=1S/C15H21ClN2O/c1-3-15(4-2,10-19)17-9-13-14(16)11-7-5-6-8-12(11)18-13/h5-8,17-19H,3-4,9-10H2,1-2H3. The minimum atomic E-state index is -0.222. The summed E-state index contributed by atoms with van der Waals surface area (Å²) >= 11 is 6.38. The molecule has 2 rings (SSSR count). The van der Waals surface area contributed by atoms with Crippen LogP contribution in [0.4, 0.5) is 0 Å². The van der Waals surface area contributed by atoms with Crippen LogP contribution in [0, 0.1) is 0 Å². The van der Waals surface area contributed by atoms with E-state index in [1.54, 1.807) is 0 Å². The highest BCUT2D eigenvalue weighted by atomic mass is 35.5. The number of aliphatic hydroxyl groups excluding tert-OH is 1. The topological polar surface area (TPSA) is 48.0 Å². The van der Waals surface area contributed by atoms with Gasteiger partial charge in [0.25, 0.3) is 0 Å². The molecule has 2 aromatic rings. The number of fused-ring (bicyclic) bond motifs is 1. The number of H-pyrrole nitrogens is 1. The molecule has 1 heterocycles. The molecule has 0 bridgehead atoms. The van der Waals surface area contributed by atoms with Gasteiger partial charge in [-0.05, 0) is 18.9 Å². The van der Waals surface area contributed by atoms with Crippen molar-refractivity contribution in [2.75, 3.05) is 6.61 Å². The maximum absolute atomic E-state index is 9.56. The second kappa shape index (κ2) is 5.95. The van der Waals surface area contributed by atoms with E-state index in [4.69, 9.17) is 11.6 Å². The summed E-state index contributed by atoms with van der Waals surface area (Å²) in [7, 11) is 0. The molecule has 0 saturated carbocycles. The van der Waals surface area contributed by atoms with Crippen molar-refractivity contribution in [2.24, 2.45) is 0 Å². The zero-order chi connectivity index (χ0) is 13.9. The van der Waals surface area contributed by atoms with Crippen molar-refractivity contribution < 1.29 is 5.11 Å². The second-order valence-electron chi connectivity index (χ2n) is 4.96. The number of aromatic nitrogens is 1. The van der Waals surface area contributed by atoms with Gasteiger partial charge in [-0.15, -0.1) is 0 Å². The number of halogens is 1. The SMILES string of the molecule is CCC(CC)(CO)NCc1[nH]c2ccccc2c1Cl. The van der Waals surface area contributed by atoms with E-state index in [1.807, 2.05) is 24.3 Å². The third-order valence-corrected chi connectivity index (χ3v) is 4.44. The molecular formula is C15H21ClN2O. The van der Waals surface area contributed by atoms with Gasteiger partial charge in [-0.2, -0.15) is 0 Å². The summed E-state index contributed by atoms with van der Waals surface area (Å²) in [4.78, 5) is 3.33. The Hall–Kier alpha value is -1.03. The van der Waals surface area contributed by atoms with Crippen molar-refractivity contribution in [3.63, 3.8) is 0 Å². The number of benzene rings is 1. The number of hydrogen-bond acceptors (Lipinski definition) is 2. The number of para-hydroxylation sites is 1. The lowest BCUT2D eigenvalue weighted by Gasteiger charge is -2.30. The molecule has 4 heteroatoms. The molecule has 19 heavy (non-hydrogen) atoms. The molecule has 0 amide bonds. The normalized spacial score (nSPS) is 12.2. The first-order valence-corrected chi connectivity index (χ1v) is 7.14. The Kier molecular flexibility index (Phi) is 4.50. The van der Waals surface area contributed by atoms with Crippen LogP contribution in [0.5, 0.6) is 0 Å². The summed E-state index contributed by atoms with van der Waals surface area (Å²) < 4.78 is 0. The number of aliphatic hydroxyl groups is 1. The molecule has 0 aliphatic rings. The highest BCUT2D eigenvalue weighted by molar-refractivity contribution is 6.36. The van der Waals surface area contributed by atoms with Crippen LogP contribution >= 0.6 is 11.6 Å². The second-order valence-corrected chi connectivity index (χ2v) is 5.34. The summed E-state index contributed by atoms with van der Waals surface area (Å²) in [6.45, 7) is 4.94. The fourth-order valence-corrected chi connectivity index (χ4v) is 2.62. The summed E-state index contributed by atoms with van der Waals surface area (Å²) in [5.41, 5.74) is 1.80. The smallest absolute Gasteiger partial charge is 0.0705 e. The molecule has 0 unspecified atom stereocenters. The average Bonchev–Trinajstić information content (AvgIpc) is 2.78. The Morgan fingerprint density at radius 3 is 2.53 bits per heavy atom. The molecule has 0 aliphatic heterocycles. The summed E-state index contributed by atoms with van der Waals surface area (Å²) in [5.74, 6) is 0. The maximum Gasteiger partial charge on any atom is 0.0705 e. The van der Waals surface area contributed by atoms with Gasteiger partial charge in [-0.1, -0.05) is 43.6 Å². The Balaban J connectivity index is 2.20. The third-order valence-electron chi connectivity index (χ3n) is 4.01. The van der Waals surface area contributed by atoms with E-state index in [9.17, 15) is 5.11 Å². The lowest BCUT2D eigenvalue weighted by atomic mass is 9.94. The van der Waals surface area contributed by atoms with Crippen LogP contribution in [-0.4, -0.2) is 22.2 Å². The van der Waals surface area contributed by atoms with Gasteiger partial charge in [0.2, 0.25) is 0 Å². The molecule has 0 saturated heterocycles. The van der Waals surface area contributed by atoms with Crippen LogP contribution in [0.1, 0.15) is 32.4 Å². The first kappa shape index (κ1) is 14.4. The highest BCUT2D eigenvalue weighted by Crippen LogP contribution is 2.27. The molecule has 104 valence electrons. The van der Waals surface area contributed by atoms with E-state index in [-0.39, 0.29) is 12.1 Å². The van der Waals surface area contributed by atoms with Crippen LogP contribution in [0.25, 0.3) is 10.9 Å². The molecule has 0 spiro atoms. The lowest BCUT2D eigenvalue weighted by molar-refractivity contribution is 0.149. The van der Waals surface area contributed by atoms with Crippen molar-refractivity contribution in [3.05, 3.63) is 35.0 Å². The number of aromatic amines is 1. The summed E-state index contributed by atoms with van der Waals surface area (Å²) in [5, 5.41) is 14.8. The number of nitrogens with one attached hydrogen (secondary N) is 2. The van der Waals surface area contributed by atoms with E-state index < -0.39 is 0 Å². The van der Waals surface area contributed by atoms with E-state index >= 15 is 0 Å². The van der Waals surface area contributed by atoms with Gasteiger partial charge < -0.3 is 15.4 Å². The van der Waals surface area contributed by atoms with Crippen molar-refractivity contribution in [2.45, 2.75) is 38.8 Å². The fourth-order valence-electron chi connectivity index (χ4n) is 2.34. The summed E-state index contributed by atoms with van der Waals surface area (Å²) in [6.07, 6.45) is 1.77. The predicted octanol–water partition coefficient (Wildman–Crippen LogP) is 3.46. The van der Waals surface area contributed by atoms with Crippen LogP contribution in [0.15, 0.2) is 24.3 Å². The zero-order valence-electron chi connectivity index (χ0n) is 11.5. The Bertz CT molecular complexity index is 538. The quantitative estimate of drug-likeness (QED) is 0.759. The minimum absolute atomic E-state index is 0.137. The van der Waals surface area contributed by atoms with Crippen molar-refractivity contribution in [1.29, 1.82) is 0 Å².